The zero-order valence-corrected chi connectivity index (χ0v) is 12.6. The van der Waals surface area contributed by atoms with Crippen molar-refractivity contribution in [3.8, 4) is 0 Å². The van der Waals surface area contributed by atoms with Crippen molar-refractivity contribution < 1.29 is 9.13 Å². The third-order valence-corrected chi connectivity index (χ3v) is 4.95. The maximum atomic E-state index is 12.3. The molecule has 0 bridgehead atoms. The molecule has 0 aliphatic rings. The quantitative estimate of drug-likeness (QED) is 0.671. The van der Waals surface area contributed by atoms with Crippen LogP contribution in [0, 0.1) is 10.1 Å². The van der Waals surface area contributed by atoms with E-state index in [1.165, 1.54) is 18.5 Å². The molecular formula is C12H10BrN3O3S. The molecule has 0 aliphatic carbocycles. The average Bonchev–Trinajstić information content (AvgIpc) is 2.41. The molecule has 1 aromatic heterocycles. The van der Waals surface area contributed by atoms with Crippen LogP contribution in [0.5, 0.6) is 0 Å². The van der Waals surface area contributed by atoms with Gasteiger partial charge in [-0.2, -0.15) is 0 Å². The number of nitrogen functional groups attached to an aromatic ring is 1. The zero-order chi connectivity index (χ0) is 14.7. The van der Waals surface area contributed by atoms with Crippen LogP contribution in [0.3, 0.4) is 0 Å². The van der Waals surface area contributed by atoms with Gasteiger partial charge in [-0.15, -0.1) is 0 Å². The highest BCUT2D eigenvalue weighted by molar-refractivity contribution is 9.10. The predicted molar refractivity (Wildman–Crippen MR) is 79.6 cm³/mol. The minimum Gasteiger partial charge on any atom is -0.396 e. The van der Waals surface area contributed by atoms with E-state index in [-0.39, 0.29) is 11.4 Å². The summed E-state index contributed by atoms with van der Waals surface area (Å²) >= 11 is 3.18. The van der Waals surface area contributed by atoms with Crippen LogP contribution >= 0.6 is 15.9 Å². The van der Waals surface area contributed by atoms with Gasteiger partial charge in [0.05, 0.1) is 42.7 Å². The molecule has 0 aliphatic heterocycles. The van der Waals surface area contributed by atoms with Crippen molar-refractivity contribution in [1.29, 1.82) is 0 Å². The minimum atomic E-state index is -1.40. The van der Waals surface area contributed by atoms with Crippen molar-refractivity contribution >= 4 is 38.1 Å². The number of hydrogen-bond acceptors (Lipinski definition) is 5. The average molecular weight is 356 g/mol. The van der Waals surface area contributed by atoms with Gasteiger partial charge in [-0.25, -0.2) is 0 Å². The number of nitro groups is 1. The van der Waals surface area contributed by atoms with Crippen molar-refractivity contribution in [2.45, 2.75) is 10.6 Å². The predicted octanol–water partition coefficient (Wildman–Crippen LogP) is 2.64. The number of nitrogens with two attached hydrogens (primary N) is 1. The number of anilines is 1. The van der Waals surface area contributed by atoms with E-state index in [4.69, 9.17) is 5.73 Å². The van der Waals surface area contributed by atoms with Crippen molar-refractivity contribution in [2.75, 3.05) is 5.73 Å². The fraction of sp³-hybridized carbons (Fsp3) is 0.0833. The summed E-state index contributed by atoms with van der Waals surface area (Å²) in [4.78, 5) is 14.7. The lowest BCUT2D eigenvalue weighted by molar-refractivity contribution is -0.385. The molecule has 0 saturated carbocycles. The Balaban J connectivity index is 2.32. The normalized spacial score (nSPS) is 12.1. The summed E-state index contributed by atoms with van der Waals surface area (Å²) in [5, 5.41) is 10.9. The SMILES string of the molecule is Nc1cnccc1S(=O)Cc1cccc([N+](=O)[O-])c1Br. The van der Waals surface area contributed by atoms with Crippen LogP contribution in [0.4, 0.5) is 11.4 Å². The highest BCUT2D eigenvalue weighted by Gasteiger charge is 2.17. The molecule has 104 valence electrons. The molecule has 20 heavy (non-hydrogen) atoms. The summed E-state index contributed by atoms with van der Waals surface area (Å²) in [5.74, 6) is 0.135. The summed E-state index contributed by atoms with van der Waals surface area (Å²) in [6, 6.07) is 6.21. The summed E-state index contributed by atoms with van der Waals surface area (Å²) < 4.78 is 12.6. The van der Waals surface area contributed by atoms with Gasteiger partial charge in [0.2, 0.25) is 0 Å². The van der Waals surface area contributed by atoms with Crippen molar-refractivity contribution in [3.05, 3.63) is 56.8 Å². The smallest absolute Gasteiger partial charge is 0.283 e. The Kier molecular flexibility index (Phi) is 4.46. The molecule has 0 amide bonds. The summed E-state index contributed by atoms with van der Waals surface area (Å²) in [6.45, 7) is 0. The maximum absolute atomic E-state index is 12.3. The van der Waals surface area contributed by atoms with Crippen LogP contribution in [-0.4, -0.2) is 14.1 Å². The van der Waals surface area contributed by atoms with E-state index in [2.05, 4.69) is 20.9 Å². The number of nitrogens with zero attached hydrogens (tertiary/aromatic N) is 2. The fourth-order valence-electron chi connectivity index (χ4n) is 1.64. The summed E-state index contributed by atoms with van der Waals surface area (Å²) in [6.07, 6.45) is 2.93. The second kappa shape index (κ2) is 6.10. The van der Waals surface area contributed by atoms with Gasteiger partial charge in [-0.3, -0.25) is 19.3 Å². The van der Waals surface area contributed by atoms with Crippen molar-refractivity contribution in [3.63, 3.8) is 0 Å². The third kappa shape index (κ3) is 3.02. The van der Waals surface area contributed by atoms with Gasteiger partial charge in [0.1, 0.15) is 0 Å². The molecule has 2 rings (SSSR count). The lowest BCUT2D eigenvalue weighted by Gasteiger charge is -2.07. The number of halogens is 1. The lowest BCUT2D eigenvalue weighted by atomic mass is 10.2. The number of nitro benzene ring substituents is 1. The topological polar surface area (TPSA) is 99.1 Å². The zero-order valence-electron chi connectivity index (χ0n) is 10.2. The van der Waals surface area contributed by atoms with Crippen LogP contribution in [0.25, 0.3) is 0 Å². The number of rotatable bonds is 4. The van der Waals surface area contributed by atoms with Crippen LogP contribution in [0.1, 0.15) is 5.56 Å². The van der Waals surface area contributed by atoms with E-state index < -0.39 is 15.7 Å². The lowest BCUT2D eigenvalue weighted by Crippen LogP contribution is -2.02. The molecule has 8 heteroatoms. The first-order chi connectivity index (χ1) is 9.50. The molecule has 1 heterocycles. The molecule has 0 spiro atoms. The molecule has 0 saturated heterocycles. The van der Waals surface area contributed by atoms with E-state index in [0.717, 1.165) is 0 Å². The minimum absolute atomic E-state index is 0.0535. The van der Waals surface area contributed by atoms with Crippen LogP contribution in [0.2, 0.25) is 0 Å². The van der Waals surface area contributed by atoms with Crippen LogP contribution in [-0.2, 0) is 16.6 Å². The van der Waals surface area contributed by atoms with Crippen molar-refractivity contribution in [2.24, 2.45) is 0 Å². The van der Waals surface area contributed by atoms with Gasteiger partial charge in [0.25, 0.3) is 5.69 Å². The Labute approximate surface area is 125 Å². The molecule has 0 radical (unpaired) electrons. The first-order valence-electron chi connectivity index (χ1n) is 5.50. The molecule has 6 nitrogen and oxygen atoms in total. The number of aromatic nitrogens is 1. The molecule has 2 N–H and O–H groups in total. The Morgan fingerprint density at radius 2 is 2.15 bits per heavy atom. The van der Waals surface area contributed by atoms with E-state index in [1.807, 2.05) is 0 Å². The molecular weight excluding hydrogens is 346 g/mol. The third-order valence-electron chi connectivity index (χ3n) is 2.60. The monoisotopic (exact) mass is 355 g/mol. The number of hydrogen-bond donors (Lipinski definition) is 1. The van der Waals surface area contributed by atoms with Gasteiger partial charge in [0, 0.05) is 12.3 Å². The van der Waals surface area contributed by atoms with Gasteiger partial charge >= 0.3 is 0 Å². The first-order valence-corrected chi connectivity index (χ1v) is 7.61. The van der Waals surface area contributed by atoms with Gasteiger partial charge in [-0.05, 0) is 27.6 Å². The molecule has 1 unspecified atom stereocenters. The van der Waals surface area contributed by atoms with E-state index in [9.17, 15) is 14.3 Å². The van der Waals surface area contributed by atoms with Crippen LogP contribution < -0.4 is 5.73 Å². The largest absolute Gasteiger partial charge is 0.396 e. The maximum Gasteiger partial charge on any atom is 0.283 e. The molecule has 1 atom stereocenters. The standard InChI is InChI=1S/C12H10BrN3O3S/c13-12-8(2-1-3-10(12)16(17)18)7-20(19)11-4-5-15-6-9(11)14/h1-6H,7,14H2. The number of benzene rings is 1. The molecule has 0 fully saturated rings. The van der Waals surface area contributed by atoms with Gasteiger partial charge in [0.15, 0.2) is 0 Å². The Hall–Kier alpha value is -1.80. The van der Waals surface area contributed by atoms with E-state index >= 15 is 0 Å². The molecule has 1 aromatic carbocycles. The van der Waals surface area contributed by atoms with Gasteiger partial charge in [-0.1, -0.05) is 12.1 Å². The Morgan fingerprint density at radius 3 is 2.80 bits per heavy atom. The fourth-order valence-corrected chi connectivity index (χ4v) is 3.58. The Morgan fingerprint density at radius 1 is 1.40 bits per heavy atom. The summed E-state index contributed by atoms with van der Waals surface area (Å²) in [5.41, 5.74) is 6.59. The highest BCUT2D eigenvalue weighted by atomic mass is 79.9. The second-order valence-corrected chi connectivity index (χ2v) is 6.12. The Bertz CT molecular complexity index is 693. The molecule has 2 aromatic rings. The van der Waals surface area contributed by atoms with Gasteiger partial charge < -0.3 is 5.73 Å². The van der Waals surface area contributed by atoms with Crippen LogP contribution in [0.15, 0.2) is 46.0 Å². The van der Waals surface area contributed by atoms with E-state index in [0.29, 0.717) is 20.6 Å². The second-order valence-electron chi connectivity index (χ2n) is 3.91. The van der Waals surface area contributed by atoms with E-state index in [1.54, 1.807) is 18.2 Å². The first kappa shape index (κ1) is 14.6. The van der Waals surface area contributed by atoms with Crippen molar-refractivity contribution in [1.82, 2.24) is 4.98 Å². The summed E-state index contributed by atoms with van der Waals surface area (Å²) in [7, 11) is -1.40. The highest BCUT2D eigenvalue weighted by Crippen LogP contribution is 2.30. The number of pyridine rings is 1.